The predicted octanol–water partition coefficient (Wildman–Crippen LogP) is 5.43. The minimum Gasteiger partial charge on any atom is -0.487 e. The van der Waals surface area contributed by atoms with Gasteiger partial charge >= 0.3 is 0 Å². The second-order valence-electron chi connectivity index (χ2n) is 10.1. The number of rotatable bonds is 1. The van der Waals surface area contributed by atoms with Gasteiger partial charge in [-0.25, -0.2) is 0 Å². The monoisotopic (exact) mass is 488 g/mol. The molecule has 7 nitrogen and oxygen atoms in total. The highest BCUT2D eigenvalue weighted by atomic mass is 16.5. The molecule has 7 heteroatoms. The smallest absolute Gasteiger partial charge is 0.275 e. The number of fused-ring (bicyclic) bond motifs is 3. The van der Waals surface area contributed by atoms with Crippen molar-refractivity contribution in [1.29, 1.82) is 0 Å². The van der Waals surface area contributed by atoms with Crippen molar-refractivity contribution in [3.8, 4) is 5.75 Å². The Kier molecular flexibility index (Phi) is 7.54. The number of nitrogens with one attached hydrogen (secondary N) is 1. The topological polar surface area (TPSA) is 78.5 Å². The lowest BCUT2D eigenvalue weighted by Crippen LogP contribution is -2.51. The summed E-state index contributed by atoms with van der Waals surface area (Å²) in [5.74, 6) is 0.559. The van der Waals surface area contributed by atoms with E-state index in [1.165, 1.54) is 0 Å². The number of hydrogen-bond acceptors (Lipinski definition) is 4. The van der Waals surface area contributed by atoms with E-state index < -0.39 is 0 Å². The number of para-hydroxylation sites is 2. The zero-order valence-corrected chi connectivity index (χ0v) is 21.1. The molecule has 0 spiro atoms. The highest BCUT2D eigenvalue weighted by Gasteiger charge is 2.36. The van der Waals surface area contributed by atoms with Crippen LogP contribution in [0.1, 0.15) is 78.6 Å². The zero-order valence-electron chi connectivity index (χ0n) is 21.1. The molecule has 1 aromatic heterocycles. The van der Waals surface area contributed by atoms with E-state index in [1.807, 2.05) is 60.5 Å². The van der Waals surface area contributed by atoms with Gasteiger partial charge in [-0.1, -0.05) is 56.0 Å². The minimum atomic E-state index is -0.169. The van der Waals surface area contributed by atoms with Gasteiger partial charge in [-0.05, 0) is 50.3 Å². The number of carbonyl (C=O) groups is 2. The molecule has 2 aliphatic rings. The first-order chi connectivity index (χ1) is 17.6. The number of carbonyl (C=O) groups excluding carboxylic acids is 2. The van der Waals surface area contributed by atoms with Crippen LogP contribution in [0.25, 0.3) is 10.9 Å². The van der Waals surface area contributed by atoms with E-state index in [4.69, 9.17) is 4.74 Å². The second-order valence-corrected chi connectivity index (χ2v) is 10.1. The highest BCUT2D eigenvalue weighted by molar-refractivity contribution is 6.04. The van der Waals surface area contributed by atoms with E-state index >= 15 is 0 Å². The van der Waals surface area contributed by atoms with Crippen molar-refractivity contribution >= 4 is 22.7 Å². The number of aromatic amines is 1. The Morgan fingerprint density at radius 2 is 1.64 bits per heavy atom. The summed E-state index contributed by atoms with van der Waals surface area (Å²) in [5.41, 5.74) is 1.94. The third-order valence-corrected chi connectivity index (χ3v) is 7.64. The fourth-order valence-electron chi connectivity index (χ4n) is 5.63. The lowest BCUT2D eigenvalue weighted by molar-refractivity contribution is 0.0268. The Hall–Kier alpha value is -3.35. The molecule has 1 aliphatic carbocycles. The summed E-state index contributed by atoms with van der Waals surface area (Å²) in [7, 11) is 1.87. The van der Waals surface area contributed by atoms with E-state index in [2.05, 4.69) is 10.2 Å². The first kappa shape index (κ1) is 24.3. The Balaban J connectivity index is 1.49. The number of aromatic nitrogens is 2. The van der Waals surface area contributed by atoms with Crippen LogP contribution in [-0.4, -0.2) is 64.1 Å². The minimum absolute atomic E-state index is 0.0104. The van der Waals surface area contributed by atoms with Gasteiger partial charge in [0, 0.05) is 25.5 Å². The van der Waals surface area contributed by atoms with Gasteiger partial charge in [0.1, 0.15) is 11.9 Å². The van der Waals surface area contributed by atoms with Gasteiger partial charge in [-0.15, -0.1) is 0 Å². The second kappa shape index (κ2) is 11.1. The lowest BCUT2D eigenvalue weighted by atomic mass is 9.90. The summed E-state index contributed by atoms with van der Waals surface area (Å²) in [4.78, 5) is 31.1. The lowest BCUT2D eigenvalue weighted by Gasteiger charge is -2.40. The summed E-state index contributed by atoms with van der Waals surface area (Å²) < 4.78 is 6.61. The zero-order chi connectivity index (χ0) is 24.9. The van der Waals surface area contributed by atoms with Gasteiger partial charge in [0.15, 0.2) is 5.69 Å². The third kappa shape index (κ3) is 5.11. The average molecular weight is 489 g/mol. The quantitative estimate of drug-likeness (QED) is 0.495. The Morgan fingerprint density at radius 3 is 2.53 bits per heavy atom. The Labute approximate surface area is 212 Å². The number of amides is 2. The fourth-order valence-corrected chi connectivity index (χ4v) is 5.63. The van der Waals surface area contributed by atoms with Crippen LogP contribution in [0.3, 0.4) is 0 Å². The molecule has 2 amide bonds. The van der Waals surface area contributed by atoms with Crippen LogP contribution in [0.5, 0.6) is 5.75 Å². The largest absolute Gasteiger partial charge is 0.487 e. The molecule has 1 aliphatic heterocycles. The Morgan fingerprint density at radius 1 is 0.917 bits per heavy atom. The molecule has 0 bridgehead atoms. The molecule has 0 saturated heterocycles. The molecule has 2 aromatic carbocycles. The number of H-pyrrole nitrogens is 1. The van der Waals surface area contributed by atoms with Gasteiger partial charge in [0.2, 0.25) is 0 Å². The Bertz CT molecular complexity index is 1210. The van der Waals surface area contributed by atoms with E-state index in [0.29, 0.717) is 23.6 Å². The van der Waals surface area contributed by atoms with E-state index in [9.17, 15) is 9.59 Å². The molecule has 0 unspecified atom stereocenters. The molecule has 1 N–H and O–H groups in total. The maximum atomic E-state index is 14.0. The van der Waals surface area contributed by atoms with Crippen LogP contribution >= 0.6 is 0 Å². The van der Waals surface area contributed by atoms with E-state index in [-0.39, 0.29) is 24.0 Å². The predicted molar refractivity (Wildman–Crippen MR) is 140 cm³/mol. The fraction of sp³-hybridized carbons (Fsp3) is 0.483. The SMILES string of the molecule is CN1CCCCCCCN(C(=O)c2n[nH]c3ccccc23)[C@@H]2CCCC[C@@H]2Oc2ccccc2C1=O. The highest BCUT2D eigenvalue weighted by Crippen LogP contribution is 2.31. The maximum absolute atomic E-state index is 14.0. The molecular weight excluding hydrogens is 452 g/mol. The van der Waals surface area contributed by atoms with Crippen molar-refractivity contribution in [2.75, 3.05) is 20.1 Å². The van der Waals surface area contributed by atoms with Gasteiger partial charge in [0.05, 0.1) is 17.1 Å². The van der Waals surface area contributed by atoms with Crippen molar-refractivity contribution < 1.29 is 14.3 Å². The summed E-state index contributed by atoms with van der Waals surface area (Å²) >= 11 is 0. The van der Waals surface area contributed by atoms with Crippen LogP contribution in [-0.2, 0) is 0 Å². The normalized spacial score (nSPS) is 22.2. The van der Waals surface area contributed by atoms with Gasteiger partial charge in [0.25, 0.3) is 11.8 Å². The summed E-state index contributed by atoms with van der Waals surface area (Å²) in [6.45, 7) is 1.42. The molecule has 0 radical (unpaired) electrons. The van der Waals surface area contributed by atoms with Gasteiger partial charge < -0.3 is 14.5 Å². The van der Waals surface area contributed by atoms with Crippen molar-refractivity contribution in [1.82, 2.24) is 20.0 Å². The van der Waals surface area contributed by atoms with E-state index in [1.54, 1.807) is 4.90 Å². The van der Waals surface area contributed by atoms with Crippen LogP contribution < -0.4 is 4.74 Å². The molecule has 190 valence electrons. The molecule has 1 saturated carbocycles. The summed E-state index contributed by atoms with van der Waals surface area (Å²) in [5, 5.41) is 8.30. The van der Waals surface area contributed by atoms with Gasteiger partial charge in [-0.2, -0.15) is 5.10 Å². The number of hydrogen-bond donors (Lipinski definition) is 1. The average Bonchev–Trinajstić information content (AvgIpc) is 3.34. The molecule has 2 heterocycles. The standard InChI is InChI=1S/C29H36N4O3/c1-32-19-11-3-2-4-12-20-33(29(35)27-21-13-5-7-15-23(21)30-31-27)24-16-8-10-18-26(24)36-25-17-9-6-14-22(25)28(32)34/h5-7,9,13-15,17,24,26H,2-4,8,10-12,16,18-20H2,1H3,(H,30,31)/t24-,26+/m1/s1. The molecule has 36 heavy (non-hydrogen) atoms. The number of ether oxygens (including phenoxy) is 1. The number of benzene rings is 2. The summed E-state index contributed by atoms with van der Waals surface area (Å²) in [6.07, 6.45) is 8.81. The molecule has 3 aromatic rings. The van der Waals surface area contributed by atoms with Gasteiger partial charge in [-0.3, -0.25) is 14.7 Å². The molecule has 1 fully saturated rings. The van der Waals surface area contributed by atoms with Crippen molar-refractivity contribution in [2.24, 2.45) is 0 Å². The summed E-state index contributed by atoms with van der Waals surface area (Å²) in [6, 6.07) is 15.3. The first-order valence-electron chi connectivity index (χ1n) is 13.4. The van der Waals surface area contributed by atoms with Crippen LogP contribution in [0.2, 0.25) is 0 Å². The van der Waals surface area contributed by atoms with Crippen molar-refractivity contribution in [2.45, 2.75) is 69.9 Å². The molecule has 2 atom stereocenters. The molecular formula is C29H36N4O3. The number of nitrogens with zero attached hydrogens (tertiary/aromatic N) is 3. The van der Waals surface area contributed by atoms with Crippen LogP contribution in [0, 0.1) is 0 Å². The third-order valence-electron chi connectivity index (χ3n) is 7.64. The van der Waals surface area contributed by atoms with Crippen LogP contribution in [0.4, 0.5) is 0 Å². The maximum Gasteiger partial charge on any atom is 0.275 e. The molecule has 5 rings (SSSR count). The van der Waals surface area contributed by atoms with Crippen LogP contribution in [0.15, 0.2) is 48.5 Å². The van der Waals surface area contributed by atoms with Crippen molar-refractivity contribution in [3.05, 3.63) is 59.8 Å². The van der Waals surface area contributed by atoms with E-state index in [0.717, 1.165) is 75.2 Å². The first-order valence-corrected chi connectivity index (χ1v) is 13.4. The van der Waals surface area contributed by atoms with Crippen molar-refractivity contribution in [3.63, 3.8) is 0 Å².